The van der Waals surface area contributed by atoms with Crippen molar-refractivity contribution in [2.24, 2.45) is 0 Å². The molecule has 0 amide bonds. The van der Waals surface area contributed by atoms with Gasteiger partial charge in [0.25, 0.3) is 0 Å². The molecule has 0 saturated carbocycles. The summed E-state index contributed by atoms with van der Waals surface area (Å²) in [5.74, 6) is 1.22. The van der Waals surface area contributed by atoms with Crippen LogP contribution in [0.3, 0.4) is 0 Å². The van der Waals surface area contributed by atoms with Crippen molar-refractivity contribution in [2.45, 2.75) is 18.4 Å². The minimum absolute atomic E-state index is 0.00998. The molecule has 0 radical (unpaired) electrons. The lowest BCUT2D eigenvalue weighted by molar-refractivity contribution is 0.374. The maximum Gasteiger partial charge on any atom is 0.244 e. The molecule has 1 heterocycles. The predicted octanol–water partition coefficient (Wildman–Crippen LogP) is 2.54. The van der Waals surface area contributed by atoms with Crippen molar-refractivity contribution >= 4 is 10.0 Å². The number of nitrogens with zero attached hydrogens (tertiary/aromatic N) is 2. The summed E-state index contributed by atoms with van der Waals surface area (Å²) in [5, 5.41) is 3.90. The number of aromatic nitrogens is 2. The highest BCUT2D eigenvalue weighted by Crippen LogP contribution is 2.28. The lowest BCUT2D eigenvalue weighted by atomic mass is 10.1. The van der Waals surface area contributed by atoms with Gasteiger partial charge in [0.05, 0.1) is 20.8 Å². The summed E-state index contributed by atoms with van der Waals surface area (Å²) in [6, 6.07) is 12.1. The highest BCUT2D eigenvalue weighted by molar-refractivity contribution is 7.89. The van der Waals surface area contributed by atoms with E-state index in [4.69, 9.17) is 14.0 Å². The summed E-state index contributed by atoms with van der Waals surface area (Å²) in [5.41, 5.74) is 1.86. The zero-order chi connectivity index (χ0) is 19.4. The fourth-order valence-electron chi connectivity index (χ4n) is 2.46. The monoisotopic (exact) mass is 389 g/mol. The number of benzene rings is 2. The third kappa shape index (κ3) is 4.26. The molecule has 8 nitrogen and oxygen atoms in total. The van der Waals surface area contributed by atoms with Gasteiger partial charge in [-0.2, -0.15) is 4.98 Å². The van der Waals surface area contributed by atoms with Crippen LogP contribution in [0.1, 0.15) is 11.5 Å². The van der Waals surface area contributed by atoms with Gasteiger partial charge in [0.2, 0.25) is 21.7 Å². The number of ether oxygens (including phenoxy) is 2. The predicted molar refractivity (Wildman–Crippen MR) is 98.0 cm³/mol. The van der Waals surface area contributed by atoms with E-state index in [1.807, 2.05) is 31.2 Å². The number of hydrogen-bond acceptors (Lipinski definition) is 7. The standard InChI is InChI=1S/C18H19N3O5S/c1-12-5-4-6-13(9-12)18-20-17(26-21-18)11-19-27(22,23)16-8-7-14(24-2)10-15(16)25-3/h4-10,19H,11H2,1-3H3. The molecule has 3 rings (SSSR count). The van der Waals surface area contributed by atoms with E-state index in [0.29, 0.717) is 11.6 Å². The van der Waals surface area contributed by atoms with Crippen molar-refractivity contribution in [3.63, 3.8) is 0 Å². The SMILES string of the molecule is COc1ccc(S(=O)(=O)NCc2nc(-c3cccc(C)c3)no2)c(OC)c1. The molecule has 1 N–H and O–H groups in total. The van der Waals surface area contributed by atoms with Crippen molar-refractivity contribution in [3.8, 4) is 22.9 Å². The molecule has 0 spiro atoms. The Morgan fingerprint density at radius 1 is 1.11 bits per heavy atom. The quantitative estimate of drug-likeness (QED) is 0.662. The van der Waals surface area contributed by atoms with Crippen LogP contribution in [-0.2, 0) is 16.6 Å². The van der Waals surface area contributed by atoms with Crippen molar-refractivity contribution in [1.82, 2.24) is 14.9 Å². The van der Waals surface area contributed by atoms with E-state index in [1.54, 1.807) is 6.07 Å². The van der Waals surface area contributed by atoms with E-state index in [0.717, 1.165) is 11.1 Å². The molecule has 9 heteroatoms. The lowest BCUT2D eigenvalue weighted by Crippen LogP contribution is -2.24. The molecule has 27 heavy (non-hydrogen) atoms. The summed E-state index contributed by atoms with van der Waals surface area (Å²) in [7, 11) is -0.969. The normalized spacial score (nSPS) is 11.4. The lowest BCUT2D eigenvalue weighted by Gasteiger charge is -2.11. The van der Waals surface area contributed by atoms with E-state index in [9.17, 15) is 8.42 Å². The van der Waals surface area contributed by atoms with Gasteiger partial charge < -0.3 is 14.0 Å². The third-order valence-electron chi connectivity index (χ3n) is 3.82. The summed E-state index contributed by atoms with van der Waals surface area (Å²) in [6.45, 7) is 1.82. The molecule has 142 valence electrons. The topological polar surface area (TPSA) is 104 Å². The Morgan fingerprint density at radius 3 is 2.63 bits per heavy atom. The van der Waals surface area contributed by atoms with Crippen LogP contribution >= 0.6 is 0 Å². The van der Waals surface area contributed by atoms with Crippen LogP contribution in [0.2, 0.25) is 0 Å². The van der Waals surface area contributed by atoms with Gasteiger partial charge in [0.15, 0.2) is 0 Å². The van der Waals surface area contributed by atoms with Gasteiger partial charge in [-0.15, -0.1) is 0 Å². The molecule has 0 atom stereocenters. The number of rotatable bonds is 7. The third-order valence-corrected chi connectivity index (χ3v) is 5.26. The molecule has 0 bridgehead atoms. The van der Waals surface area contributed by atoms with Gasteiger partial charge in [0.1, 0.15) is 16.4 Å². The molecule has 0 aliphatic rings. The Hall–Kier alpha value is -2.91. The first kappa shape index (κ1) is 18.9. The Balaban J connectivity index is 1.77. The first-order valence-electron chi connectivity index (χ1n) is 8.04. The average Bonchev–Trinajstić information content (AvgIpc) is 3.15. The second-order valence-corrected chi connectivity index (χ2v) is 7.46. The van der Waals surface area contributed by atoms with Gasteiger partial charge in [-0.25, -0.2) is 13.1 Å². The first-order valence-corrected chi connectivity index (χ1v) is 9.52. The van der Waals surface area contributed by atoms with Gasteiger partial charge in [-0.3, -0.25) is 0 Å². The van der Waals surface area contributed by atoms with E-state index in [-0.39, 0.29) is 23.1 Å². The zero-order valence-corrected chi connectivity index (χ0v) is 15.9. The molecule has 0 saturated heterocycles. The number of sulfonamides is 1. The van der Waals surface area contributed by atoms with Crippen LogP contribution in [-0.4, -0.2) is 32.8 Å². The van der Waals surface area contributed by atoms with Crippen LogP contribution < -0.4 is 14.2 Å². The Morgan fingerprint density at radius 2 is 1.93 bits per heavy atom. The molecular formula is C18H19N3O5S. The summed E-state index contributed by atoms with van der Waals surface area (Å²) in [4.78, 5) is 4.22. The molecular weight excluding hydrogens is 370 g/mol. The minimum Gasteiger partial charge on any atom is -0.497 e. The molecule has 0 aliphatic heterocycles. The van der Waals surface area contributed by atoms with Crippen LogP contribution in [0.5, 0.6) is 11.5 Å². The van der Waals surface area contributed by atoms with Crippen LogP contribution in [0.15, 0.2) is 51.9 Å². The Kier molecular flexibility index (Phi) is 5.43. The Bertz CT molecular complexity index is 1050. The molecule has 3 aromatic rings. The van der Waals surface area contributed by atoms with Gasteiger partial charge in [0, 0.05) is 11.6 Å². The van der Waals surface area contributed by atoms with E-state index < -0.39 is 10.0 Å². The number of nitrogens with one attached hydrogen (secondary N) is 1. The maximum absolute atomic E-state index is 12.6. The summed E-state index contributed by atoms with van der Waals surface area (Å²) in [6.07, 6.45) is 0. The maximum atomic E-state index is 12.6. The number of hydrogen-bond donors (Lipinski definition) is 1. The average molecular weight is 389 g/mol. The first-order chi connectivity index (χ1) is 12.9. The second kappa shape index (κ2) is 7.77. The molecule has 0 aliphatic carbocycles. The zero-order valence-electron chi connectivity index (χ0n) is 15.1. The minimum atomic E-state index is -3.85. The van der Waals surface area contributed by atoms with Crippen LogP contribution in [0, 0.1) is 6.92 Å². The van der Waals surface area contributed by atoms with E-state index in [1.165, 1.54) is 26.4 Å². The summed E-state index contributed by atoms with van der Waals surface area (Å²) >= 11 is 0. The summed E-state index contributed by atoms with van der Waals surface area (Å²) < 4.78 is 43.0. The molecule has 2 aromatic carbocycles. The van der Waals surface area contributed by atoms with E-state index in [2.05, 4.69) is 14.9 Å². The largest absolute Gasteiger partial charge is 0.497 e. The van der Waals surface area contributed by atoms with Crippen molar-refractivity contribution in [2.75, 3.05) is 14.2 Å². The highest BCUT2D eigenvalue weighted by Gasteiger charge is 2.21. The highest BCUT2D eigenvalue weighted by atomic mass is 32.2. The number of aryl methyl sites for hydroxylation is 1. The van der Waals surface area contributed by atoms with Gasteiger partial charge in [-0.05, 0) is 25.1 Å². The second-order valence-electron chi connectivity index (χ2n) is 5.72. The van der Waals surface area contributed by atoms with Crippen molar-refractivity contribution in [3.05, 3.63) is 53.9 Å². The number of methoxy groups -OCH3 is 2. The Labute approximate surface area is 157 Å². The molecule has 1 aromatic heterocycles. The fourth-order valence-corrected chi connectivity index (χ4v) is 3.58. The molecule has 0 fully saturated rings. The van der Waals surface area contributed by atoms with Crippen LogP contribution in [0.25, 0.3) is 11.4 Å². The van der Waals surface area contributed by atoms with E-state index >= 15 is 0 Å². The smallest absolute Gasteiger partial charge is 0.244 e. The van der Waals surface area contributed by atoms with Crippen molar-refractivity contribution < 1.29 is 22.4 Å². The van der Waals surface area contributed by atoms with Crippen LogP contribution in [0.4, 0.5) is 0 Å². The van der Waals surface area contributed by atoms with Gasteiger partial charge >= 0.3 is 0 Å². The van der Waals surface area contributed by atoms with Crippen molar-refractivity contribution in [1.29, 1.82) is 0 Å². The fraction of sp³-hybridized carbons (Fsp3) is 0.222. The molecule has 0 unspecified atom stereocenters. The van der Waals surface area contributed by atoms with Gasteiger partial charge in [-0.1, -0.05) is 28.9 Å².